The molecule has 0 saturated carbocycles. The first-order chi connectivity index (χ1) is 15.5. The molecule has 3 atom stereocenters. The summed E-state index contributed by atoms with van der Waals surface area (Å²) in [5.41, 5.74) is 3.28. The number of carbonyl (C=O) groups excluding carboxylic acids is 1. The number of aliphatic hydroxyl groups excluding tert-OH is 1. The lowest BCUT2D eigenvalue weighted by atomic mass is 9.92. The van der Waals surface area contributed by atoms with Gasteiger partial charge in [0, 0.05) is 36.0 Å². The van der Waals surface area contributed by atoms with E-state index in [0.29, 0.717) is 13.0 Å². The Kier molecular flexibility index (Phi) is 7.17. The van der Waals surface area contributed by atoms with Crippen molar-refractivity contribution >= 4 is 31.2 Å². The van der Waals surface area contributed by atoms with Gasteiger partial charge in [-0.2, -0.15) is 0 Å². The van der Waals surface area contributed by atoms with Crippen LogP contribution in [0.25, 0.3) is 0 Å². The molecule has 2 aliphatic heterocycles. The molecular formula is C26H38N2O3SSi. The summed E-state index contributed by atoms with van der Waals surface area (Å²) >= 11 is 1.74. The molecule has 1 aromatic heterocycles. The van der Waals surface area contributed by atoms with E-state index in [-0.39, 0.29) is 29.1 Å². The molecule has 0 bridgehead atoms. The molecule has 1 amide bonds. The summed E-state index contributed by atoms with van der Waals surface area (Å²) in [5.74, 6) is 0.320. The molecule has 33 heavy (non-hydrogen) atoms. The molecular weight excluding hydrogens is 448 g/mol. The number of aryl methyl sites for hydroxylation is 1. The number of thiophene rings is 1. The zero-order chi connectivity index (χ0) is 23.8. The Morgan fingerprint density at radius 3 is 2.73 bits per heavy atom. The summed E-state index contributed by atoms with van der Waals surface area (Å²) in [7, 11) is -2.01. The van der Waals surface area contributed by atoms with Crippen molar-refractivity contribution in [3.8, 4) is 0 Å². The van der Waals surface area contributed by atoms with Crippen molar-refractivity contribution in [3.63, 3.8) is 0 Å². The van der Waals surface area contributed by atoms with Crippen molar-refractivity contribution < 1.29 is 14.3 Å². The van der Waals surface area contributed by atoms with E-state index in [1.165, 1.54) is 16.0 Å². The molecule has 2 aromatic rings. The van der Waals surface area contributed by atoms with Crippen molar-refractivity contribution in [1.29, 1.82) is 0 Å². The molecule has 3 heterocycles. The number of β-amino-alcohol motifs (C(OH)–C–C–N with tert-alkyl or cyclic N) is 1. The van der Waals surface area contributed by atoms with Crippen LogP contribution in [0.3, 0.4) is 0 Å². The van der Waals surface area contributed by atoms with E-state index < -0.39 is 8.32 Å². The standard InChI is InChI=1S/C26H38N2O3SSi/c1-26(2,3)33(4,5)31-23(19-8-10-21-18(15-19)9-11-25(30)27-21)17-28-13-12-20(22(29)16-28)24-7-6-14-32-24/h6-8,10,14-15,20,22-23,29H,9,11-13,16-17H2,1-5H3,(H,27,30)/t20-,22-,23+/m0/s1. The molecule has 5 nitrogen and oxygen atoms in total. The summed E-state index contributed by atoms with van der Waals surface area (Å²) in [6.45, 7) is 13.8. The second kappa shape index (κ2) is 9.62. The molecule has 1 aromatic carbocycles. The van der Waals surface area contributed by atoms with Gasteiger partial charge in [-0.3, -0.25) is 9.69 Å². The van der Waals surface area contributed by atoms with Crippen LogP contribution >= 0.6 is 11.3 Å². The average molecular weight is 487 g/mol. The number of anilines is 1. The molecule has 4 rings (SSSR count). The summed E-state index contributed by atoms with van der Waals surface area (Å²) < 4.78 is 6.97. The molecule has 1 fully saturated rings. The fourth-order valence-electron chi connectivity index (χ4n) is 4.58. The van der Waals surface area contributed by atoms with Crippen LogP contribution in [0.15, 0.2) is 35.7 Å². The minimum Gasteiger partial charge on any atom is -0.409 e. The van der Waals surface area contributed by atoms with Gasteiger partial charge < -0.3 is 14.8 Å². The third kappa shape index (κ3) is 5.60. The first kappa shape index (κ1) is 24.6. The Balaban J connectivity index is 1.54. The number of aliphatic hydroxyl groups is 1. The minimum atomic E-state index is -2.01. The SMILES string of the molecule is CC(C)(C)[Si](C)(C)O[C@H](CN1CC[C@H](c2cccs2)[C@@H](O)C1)c1ccc2c(c1)CCC(=O)N2. The van der Waals surface area contributed by atoms with Gasteiger partial charge in [-0.25, -0.2) is 0 Å². The number of benzene rings is 1. The molecule has 0 unspecified atom stereocenters. The van der Waals surface area contributed by atoms with E-state index in [0.717, 1.165) is 31.6 Å². The van der Waals surface area contributed by atoms with E-state index in [1.54, 1.807) is 11.3 Å². The lowest BCUT2D eigenvalue weighted by Gasteiger charge is -2.42. The number of fused-ring (bicyclic) bond motifs is 1. The number of nitrogens with one attached hydrogen (secondary N) is 1. The predicted octanol–water partition coefficient (Wildman–Crippen LogP) is 5.55. The van der Waals surface area contributed by atoms with Crippen LogP contribution in [-0.2, 0) is 15.6 Å². The molecule has 7 heteroatoms. The Labute approximate surface area is 203 Å². The summed E-state index contributed by atoms with van der Waals surface area (Å²) in [6, 6.07) is 10.6. The highest BCUT2D eigenvalue weighted by Crippen LogP contribution is 2.41. The molecule has 2 N–H and O–H groups in total. The summed E-state index contributed by atoms with van der Waals surface area (Å²) in [4.78, 5) is 15.4. The third-order valence-electron chi connectivity index (χ3n) is 7.64. The van der Waals surface area contributed by atoms with E-state index >= 15 is 0 Å². The van der Waals surface area contributed by atoms with Crippen LogP contribution in [-0.4, -0.2) is 50.0 Å². The van der Waals surface area contributed by atoms with Crippen molar-refractivity contribution in [2.75, 3.05) is 25.0 Å². The maximum atomic E-state index is 11.8. The summed E-state index contributed by atoms with van der Waals surface area (Å²) in [5, 5.41) is 16.1. The minimum absolute atomic E-state index is 0.0562. The number of piperidine rings is 1. The van der Waals surface area contributed by atoms with Gasteiger partial charge in [0.2, 0.25) is 5.91 Å². The Morgan fingerprint density at radius 2 is 2.06 bits per heavy atom. The van der Waals surface area contributed by atoms with Crippen molar-refractivity contribution in [2.24, 2.45) is 0 Å². The van der Waals surface area contributed by atoms with E-state index in [4.69, 9.17) is 4.43 Å². The maximum absolute atomic E-state index is 11.8. The van der Waals surface area contributed by atoms with Crippen molar-refractivity contribution in [2.45, 2.75) is 76.3 Å². The molecule has 2 aliphatic rings. The molecule has 0 aliphatic carbocycles. The Hall–Kier alpha value is -1.51. The van der Waals surface area contributed by atoms with E-state index in [9.17, 15) is 9.90 Å². The molecule has 0 spiro atoms. The number of hydrogen-bond donors (Lipinski definition) is 2. The number of carbonyl (C=O) groups is 1. The lowest BCUT2D eigenvalue weighted by molar-refractivity contribution is -0.116. The predicted molar refractivity (Wildman–Crippen MR) is 139 cm³/mol. The quantitative estimate of drug-likeness (QED) is 0.526. The highest BCUT2D eigenvalue weighted by Gasteiger charge is 2.40. The van der Waals surface area contributed by atoms with Crippen LogP contribution in [0, 0.1) is 0 Å². The lowest BCUT2D eigenvalue weighted by Crippen LogP contribution is -2.47. The van der Waals surface area contributed by atoms with Crippen LogP contribution in [0.2, 0.25) is 18.1 Å². The number of likely N-dealkylation sites (tertiary alicyclic amines) is 1. The smallest absolute Gasteiger partial charge is 0.224 e. The van der Waals surface area contributed by atoms with Crippen molar-refractivity contribution in [1.82, 2.24) is 4.90 Å². The maximum Gasteiger partial charge on any atom is 0.224 e. The van der Waals surface area contributed by atoms with Gasteiger partial charge >= 0.3 is 0 Å². The number of amides is 1. The normalized spacial score (nSPS) is 23.2. The third-order valence-corrected chi connectivity index (χ3v) is 13.1. The van der Waals surface area contributed by atoms with E-state index in [2.05, 4.69) is 73.7 Å². The fourth-order valence-corrected chi connectivity index (χ4v) is 6.77. The Morgan fingerprint density at radius 1 is 1.27 bits per heavy atom. The van der Waals surface area contributed by atoms with Crippen molar-refractivity contribution in [3.05, 3.63) is 51.7 Å². The molecule has 1 saturated heterocycles. The largest absolute Gasteiger partial charge is 0.409 e. The highest BCUT2D eigenvalue weighted by molar-refractivity contribution is 7.10. The zero-order valence-electron chi connectivity index (χ0n) is 20.6. The highest BCUT2D eigenvalue weighted by atomic mass is 32.1. The van der Waals surface area contributed by atoms with Gasteiger partial charge in [0.1, 0.15) is 0 Å². The topological polar surface area (TPSA) is 61.8 Å². The number of hydrogen-bond acceptors (Lipinski definition) is 5. The van der Waals surface area contributed by atoms with Crippen LogP contribution in [0.5, 0.6) is 0 Å². The first-order valence-electron chi connectivity index (χ1n) is 12.1. The Bertz CT molecular complexity index is 970. The summed E-state index contributed by atoms with van der Waals surface area (Å²) in [6.07, 6.45) is 1.85. The van der Waals surface area contributed by atoms with Crippen LogP contribution < -0.4 is 5.32 Å². The number of rotatable bonds is 6. The zero-order valence-corrected chi connectivity index (χ0v) is 22.4. The second-order valence-electron chi connectivity index (χ2n) is 11.1. The van der Waals surface area contributed by atoms with Gasteiger partial charge in [0.25, 0.3) is 0 Å². The van der Waals surface area contributed by atoms with Crippen LogP contribution in [0.4, 0.5) is 5.69 Å². The van der Waals surface area contributed by atoms with Gasteiger partial charge in [-0.1, -0.05) is 39.0 Å². The monoisotopic (exact) mass is 486 g/mol. The molecule has 180 valence electrons. The molecule has 0 radical (unpaired) electrons. The second-order valence-corrected chi connectivity index (χ2v) is 16.8. The van der Waals surface area contributed by atoms with E-state index in [1.807, 2.05) is 6.07 Å². The van der Waals surface area contributed by atoms with Gasteiger partial charge in [0.05, 0.1) is 12.2 Å². The van der Waals surface area contributed by atoms with Gasteiger partial charge in [-0.15, -0.1) is 11.3 Å². The average Bonchev–Trinajstić information content (AvgIpc) is 3.26. The first-order valence-corrected chi connectivity index (χ1v) is 15.9. The van der Waals surface area contributed by atoms with Gasteiger partial charge in [-0.05, 0) is 66.2 Å². The fraction of sp³-hybridized carbons (Fsp3) is 0.577. The number of nitrogens with zero attached hydrogens (tertiary/aromatic N) is 1. The van der Waals surface area contributed by atoms with Crippen LogP contribution in [0.1, 0.15) is 61.6 Å². The van der Waals surface area contributed by atoms with Gasteiger partial charge in [0.15, 0.2) is 8.32 Å².